The molecule has 5 heteroatoms. The number of ether oxygens (including phenoxy) is 2. The lowest BCUT2D eigenvalue weighted by atomic mass is 9.85. The molecule has 3 atom stereocenters. The van der Waals surface area contributed by atoms with Gasteiger partial charge in [0.15, 0.2) is 11.5 Å². The van der Waals surface area contributed by atoms with Crippen LogP contribution in [0, 0.1) is 0 Å². The van der Waals surface area contributed by atoms with Crippen LogP contribution < -0.4 is 25.2 Å². The van der Waals surface area contributed by atoms with Crippen LogP contribution in [0.1, 0.15) is 62.6 Å². The summed E-state index contributed by atoms with van der Waals surface area (Å²) >= 11 is 0. The largest absolute Gasteiger partial charge is 0.493 e. The summed E-state index contributed by atoms with van der Waals surface area (Å²) in [5.41, 5.74) is 3.51. The minimum atomic E-state index is -2.86. The quantitative estimate of drug-likeness (QED) is 0.266. The van der Waals surface area contributed by atoms with E-state index < -0.39 is 8.32 Å². The van der Waals surface area contributed by atoms with Gasteiger partial charge in [0.25, 0.3) is 8.32 Å². The first kappa shape index (κ1) is 27.2. The zero-order valence-electron chi connectivity index (χ0n) is 23.8. The van der Waals surface area contributed by atoms with Gasteiger partial charge in [-0.2, -0.15) is 0 Å². The van der Waals surface area contributed by atoms with Crippen molar-refractivity contribution >= 4 is 18.7 Å². The molecule has 1 aliphatic heterocycles. The molecule has 4 aromatic rings. The van der Waals surface area contributed by atoms with Crippen molar-refractivity contribution < 1.29 is 13.9 Å². The molecule has 0 amide bonds. The van der Waals surface area contributed by atoms with E-state index >= 15 is 0 Å². The summed E-state index contributed by atoms with van der Waals surface area (Å²) in [4.78, 5) is 0. The third-order valence-corrected chi connectivity index (χ3v) is 13.0. The maximum Gasteiger partial charge on any atom is 0.261 e. The molecule has 0 aliphatic carbocycles. The summed E-state index contributed by atoms with van der Waals surface area (Å²) in [5.74, 6) is 1.44. The fourth-order valence-corrected chi connectivity index (χ4v) is 10.8. The molecule has 39 heavy (non-hydrogen) atoms. The van der Waals surface area contributed by atoms with Crippen molar-refractivity contribution in [3.63, 3.8) is 0 Å². The monoisotopic (exact) mass is 537 g/mol. The molecule has 1 N–H and O–H groups in total. The van der Waals surface area contributed by atoms with E-state index in [1.54, 1.807) is 14.2 Å². The lowest BCUT2D eigenvalue weighted by molar-refractivity contribution is 0.122. The summed E-state index contributed by atoms with van der Waals surface area (Å²) < 4.78 is 19.3. The predicted octanol–water partition coefficient (Wildman–Crippen LogP) is 6.73. The molecule has 1 aliphatic rings. The van der Waals surface area contributed by atoms with Crippen molar-refractivity contribution in [2.24, 2.45) is 0 Å². The number of hydrogen-bond acceptors (Lipinski definition) is 4. The summed E-state index contributed by atoms with van der Waals surface area (Å²) in [6.07, 6.45) is -0.260. The average molecular weight is 538 g/mol. The highest BCUT2D eigenvalue weighted by molar-refractivity contribution is 6.99. The van der Waals surface area contributed by atoms with Crippen molar-refractivity contribution in [2.75, 3.05) is 14.2 Å². The van der Waals surface area contributed by atoms with Crippen LogP contribution in [0.25, 0.3) is 0 Å². The van der Waals surface area contributed by atoms with Crippen LogP contribution in [0.15, 0.2) is 103 Å². The Labute approximate surface area is 234 Å². The van der Waals surface area contributed by atoms with Crippen LogP contribution in [0.5, 0.6) is 11.5 Å². The molecule has 1 heterocycles. The van der Waals surface area contributed by atoms with Gasteiger partial charge in [0.05, 0.1) is 26.4 Å². The number of fused-ring (bicyclic) bond motifs is 1. The summed E-state index contributed by atoms with van der Waals surface area (Å²) in [5, 5.41) is 6.27. The van der Waals surface area contributed by atoms with Crippen LogP contribution in [0.4, 0.5) is 0 Å². The minimum Gasteiger partial charge on any atom is -0.493 e. The third kappa shape index (κ3) is 4.91. The second-order valence-electron chi connectivity index (χ2n) is 11.3. The number of benzene rings is 4. The first-order valence-electron chi connectivity index (χ1n) is 13.7. The molecule has 4 aromatic carbocycles. The van der Waals surface area contributed by atoms with Crippen LogP contribution in [-0.2, 0) is 4.43 Å². The first-order chi connectivity index (χ1) is 18.8. The smallest absolute Gasteiger partial charge is 0.261 e. The second kappa shape index (κ2) is 11.0. The number of nitrogens with one attached hydrogen (secondary N) is 1. The van der Waals surface area contributed by atoms with Gasteiger partial charge in [0.2, 0.25) is 0 Å². The molecule has 0 fully saturated rings. The molecular formula is C34H39NO3Si. The van der Waals surface area contributed by atoms with Crippen LogP contribution in [0.3, 0.4) is 0 Å². The molecule has 4 nitrogen and oxygen atoms in total. The van der Waals surface area contributed by atoms with Crippen LogP contribution >= 0.6 is 0 Å². The number of rotatable bonds is 7. The maximum absolute atomic E-state index is 7.81. The first-order valence-corrected chi connectivity index (χ1v) is 15.6. The lowest BCUT2D eigenvalue weighted by Crippen LogP contribution is -2.67. The Bertz CT molecular complexity index is 1350. The van der Waals surface area contributed by atoms with Crippen molar-refractivity contribution in [1.29, 1.82) is 0 Å². The SMILES string of the molecule is COc1cc2c(cc1OC)[C@@H](O[Si](c1ccccc1)(c1ccccc1)C(C)(C)C)[C@H](c1ccccc1)N[C@H]2C. The molecule has 202 valence electrons. The molecule has 0 unspecified atom stereocenters. The molecule has 0 radical (unpaired) electrons. The highest BCUT2D eigenvalue weighted by Crippen LogP contribution is 2.49. The van der Waals surface area contributed by atoms with Crippen molar-refractivity contribution in [2.45, 2.75) is 50.9 Å². The fourth-order valence-electron chi connectivity index (χ4n) is 6.10. The highest BCUT2D eigenvalue weighted by atomic mass is 28.4. The molecule has 0 aromatic heterocycles. The van der Waals surface area contributed by atoms with Gasteiger partial charge >= 0.3 is 0 Å². The van der Waals surface area contributed by atoms with E-state index in [2.05, 4.69) is 136 Å². The van der Waals surface area contributed by atoms with Crippen molar-refractivity contribution in [3.8, 4) is 11.5 Å². The molecule has 0 saturated carbocycles. The van der Waals surface area contributed by atoms with Gasteiger partial charge < -0.3 is 19.2 Å². The highest BCUT2D eigenvalue weighted by Gasteiger charge is 2.53. The van der Waals surface area contributed by atoms with E-state index in [1.165, 1.54) is 21.5 Å². The average Bonchev–Trinajstić information content (AvgIpc) is 2.96. The van der Waals surface area contributed by atoms with E-state index in [4.69, 9.17) is 13.9 Å². The molecule has 0 spiro atoms. The van der Waals surface area contributed by atoms with Gasteiger partial charge in [-0.3, -0.25) is 0 Å². The van der Waals surface area contributed by atoms with Gasteiger partial charge in [-0.15, -0.1) is 0 Å². The van der Waals surface area contributed by atoms with E-state index in [-0.39, 0.29) is 23.2 Å². The van der Waals surface area contributed by atoms with Crippen LogP contribution in [0.2, 0.25) is 5.04 Å². The molecule has 0 saturated heterocycles. The normalized spacial score (nSPS) is 19.3. The Morgan fingerprint density at radius 2 is 1.13 bits per heavy atom. The zero-order valence-corrected chi connectivity index (χ0v) is 24.8. The standard InChI is InChI=1S/C34H39NO3Si/c1-24-28-22-30(36-5)31(37-6)23-29(28)33(32(35-24)25-16-10-7-11-17-25)38-39(34(2,3)4,26-18-12-8-13-19-26)27-20-14-9-15-21-27/h7-24,32-33,35H,1-6H3/t24-,32-,33+/m0/s1. The Balaban J connectivity index is 1.79. The zero-order chi connectivity index (χ0) is 27.6. The minimum absolute atomic E-state index is 0.0477. The van der Waals surface area contributed by atoms with Crippen molar-refractivity contribution in [1.82, 2.24) is 5.32 Å². The van der Waals surface area contributed by atoms with Crippen LogP contribution in [-0.4, -0.2) is 22.5 Å². The Morgan fingerprint density at radius 3 is 1.59 bits per heavy atom. The van der Waals surface area contributed by atoms with Gasteiger partial charge in [0, 0.05) is 6.04 Å². The van der Waals surface area contributed by atoms with E-state index in [1.807, 2.05) is 0 Å². The topological polar surface area (TPSA) is 39.7 Å². The second-order valence-corrected chi connectivity index (χ2v) is 15.6. The Hall–Kier alpha value is -3.38. The third-order valence-electron chi connectivity index (χ3n) is 7.97. The number of methoxy groups -OCH3 is 2. The fraction of sp³-hybridized carbons (Fsp3) is 0.294. The Morgan fingerprint density at radius 1 is 0.667 bits per heavy atom. The molecule has 5 rings (SSSR count). The Kier molecular flexibility index (Phi) is 7.67. The van der Waals surface area contributed by atoms with E-state index in [0.717, 1.165) is 11.3 Å². The molecule has 0 bridgehead atoms. The van der Waals surface area contributed by atoms with Gasteiger partial charge in [-0.25, -0.2) is 0 Å². The number of hydrogen-bond donors (Lipinski definition) is 1. The maximum atomic E-state index is 7.81. The van der Waals surface area contributed by atoms with Gasteiger partial charge in [0.1, 0.15) is 0 Å². The predicted molar refractivity (Wildman–Crippen MR) is 162 cm³/mol. The van der Waals surface area contributed by atoms with Gasteiger partial charge in [-0.05, 0) is 51.2 Å². The summed E-state index contributed by atoms with van der Waals surface area (Å²) in [6, 6.07) is 36.6. The van der Waals surface area contributed by atoms with Crippen molar-refractivity contribution in [3.05, 3.63) is 120 Å². The molecular weight excluding hydrogens is 498 g/mol. The van der Waals surface area contributed by atoms with Gasteiger partial charge in [-0.1, -0.05) is 112 Å². The van der Waals surface area contributed by atoms with E-state index in [0.29, 0.717) is 5.75 Å². The lowest BCUT2D eigenvalue weighted by Gasteiger charge is -2.49. The summed E-state index contributed by atoms with van der Waals surface area (Å²) in [6.45, 7) is 9.18. The summed E-state index contributed by atoms with van der Waals surface area (Å²) in [7, 11) is 0.521. The van der Waals surface area contributed by atoms with E-state index in [9.17, 15) is 0 Å².